The van der Waals surface area contributed by atoms with E-state index >= 15 is 0 Å². The van der Waals surface area contributed by atoms with Crippen LogP contribution in [0.3, 0.4) is 0 Å². The van der Waals surface area contributed by atoms with Gasteiger partial charge in [0.2, 0.25) is 0 Å². The molecule has 0 heterocycles. The van der Waals surface area contributed by atoms with E-state index in [1.807, 2.05) is 13.8 Å². The maximum absolute atomic E-state index is 11.3. The van der Waals surface area contributed by atoms with Crippen LogP contribution in [0.1, 0.15) is 33.6 Å². The van der Waals surface area contributed by atoms with E-state index in [2.05, 4.69) is 19.2 Å². The first-order valence-corrected chi connectivity index (χ1v) is 4.70. The van der Waals surface area contributed by atoms with Gasteiger partial charge in [-0.3, -0.25) is 0 Å². The molecular weight excluding hydrogens is 164 g/mol. The summed E-state index contributed by atoms with van der Waals surface area (Å²) >= 11 is 0. The number of carbonyl (C=O) groups is 1. The maximum Gasteiger partial charge on any atom is 0.342 e. The van der Waals surface area contributed by atoms with Gasteiger partial charge in [-0.2, -0.15) is 0 Å². The molecule has 2 heteroatoms. The Morgan fingerprint density at radius 2 is 2.15 bits per heavy atom. The lowest BCUT2D eigenvalue weighted by molar-refractivity contribution is -0.139. The fourth-order valence-corrected chi connectivity index (χ4v) is 0.899. The van der Waals surface area contributed by atoms with Crippen molar-refractivity contribution in [2.45, 2.75) is 33.6 Å². The average Bonchev–Trinajstić information content (AvgIpc) is 2.05. The first kappa shape index (κ1) is 12.0. The van der Waals surface area contributed by atoms with Gasteiger partial charge in [0, 0.05) is 0 Å². The Labute approximate surface area is 80.3 Å². The second-order valence-corrected chi connectivity index (χ2v) is 3.23. The van der Waals surface area contributed by atoms with Gasteiger partial charge in [0.1, 0.15) is 0 Å². The quantitative estimate of drug-likeness (QED) is 0.283. The van der Waals surface area contributed by atoms with Crippen LogP contribution in [0, 0.1) is 5.92 Å². The van der Waals surface area contributed by atoms with Gasteiger partial charge in [0.25, 0.3) is 0 Å². The lowest BCUT2D eigenvalue weighted by Crippen LogP contribution is -2.12. The molecule has 0 aromatic carbocycles. The summed E-state index contributed by atoms with van der Waals surface area (Å²) in [6.07, 6.45) is 1.94. The van der Waals surface area contributed by atoms with Crippen molar-refractivity contribution >= 4 is 5.97 Å². The van der Waals surface area contributed by atoms with Gasteiger partial charge in [-0.15, -0.1) is 5.73 Å². The minimum absolute atomic E-state index is 0.131. The summed E-state index contributed by atoms with van der Waals surface area (Å²) in [6, 6.07) is 0. The number of rotatable bonds is 5. The first-order chi connectivity index (χ1) is 6.13. The van der Waals surface area contributed by atoms with Crippen LogP contribution in [-0.4, -0.2) is 12.6 Å². The van der Waals surface area contributed by atoms with Crippen LogP contribution < -0.4 is 0 Å². The topological polar surface area (TPSA) is 26.3 Å². The van der Waals surface area contributed by atoms with Gasteiger partial charge in [0.05, 0.1) is 12.2 Å². The van der Waals surface area contributed by atoms with Crippen molar-refractivity contribution in [2.24, 2.45) is 5.92 Å². The van der Waals surface area contributed by atoms with Crippen LogP contribution in [-0.2, 0) is 9.53 Å². The highest BCUT2D eigenvalue weighted by Gasteiger charge is 2.13. The van der Waals surface area contributed by atoms with Crippen molar-refractivity contribution in [3.05, 3.63) is 17.9 Å². The molecule has 0 aromatic heterocycles. The van der Waals surface area contributed by atoms with Crippen molar-refractivity contribution in [3.63, 3.8) is 0 Å². The number of esters is 1. The lowest BCUT2D eigenvalue weighted by Gasteiger charge is -2.08. The number of ether oxygens (including phenoxy) is 1. The van der Waals surface area contributed by atoms with Crippen LogP contribution in [0.4, 0.5) is 0 Å². The molecule has 74 valence electrons. The molecule has 0 saturated carbocycles. The molecule has 0 aliphatic carbocycles. The minimum Gasteiger partial charge on any atom is -0.462 e. The highest BCUT2D eigenvalue weighted by molar-refractivity contribution is 5.88. The molecule has 0 N–H and O–H groups in total. The monoisotopic (exact) mass is 182 g/mol. The molecule has 0 rings (SSSR count). The van der Waals surface area contributed by atoms with Gasteiger partial charge in [-0.25, -0.2) is 4.79 Å². The molecule has 0 saturated heterocycles. The molecule has 0 spiro atoms. The van der Waals surface area contributed by atoms with Crippen LogP contribution in [0.2, 0.25) is 0 Å². The Hall–Kier alpha value is -1.01. The summed E-state index contributed by atoms with van der Waals surface area (Å²) in [5.74, 6) is -0.148. The molecule has 0 bridgehead atoms. The molecule has 0 amide bonds. The Balaban J connectivity index is 4.02. The van der Waals surface area contributed by atoms with E-state index in [1.165, 1.54) is 0 Å². The van der Waals surface area contributed by atoms with E-state index in [0.29, 0.717) is 12.2 Å². The SMILES string of the molecule is C=C=C(C(=O)OCCCC)C(C)C. The third kappa shape index (κ3) is 4.54. The fourth-order valence-electron chi connectivity index (χ4n) is 0.899. The Bertz CT molecular complexity index is 210. The van der Waals surface area contributed by atoms with E-state index in [0.717, 1.165) is 12.8 Å². The van der Waals surface area contributed by atoms with Crippen LogP contribution >= 0.6 is 0 Å². The summed E-state index contributed by atoms with van der Waals surface area (Å²) in [5.41, 5.74) is 3.16. The summed E-state index contributed by atoms with van der Waals surface area (Å²) in [7, 11) is 0. The number of hydrogen-bond acceptors (Lipinski definition) is 2. The van der Waals surface area contributed by atoms with E-state index in [-0.39, 0.29) is 11.9 Å². The summed E-state index contributed by atoms with van der Waals surface area (Å²) < 4.78 is 5.02. The van der Waals surface area contributed by atoms with Crippen LogP contribution in [0.15, 0.2) is 17.9 Å². The van der Waals surface area contributed by atoms with Crippen molar-refractivity contribution in [3.8, 4) is 0 Å². The molecule has 0 radical (unpaired) electrons. The van der Waals surface area contributed by atoms with Gasteiger partial charge in [0.15, 0.2) is 0 Å². The van der Waals surface area contributed by atoms with E-state index < -0.39 is 0 Å². The molecule has 0 unspecified atom stereocenters. The summed E-state index contributed by atoms with van der Waals surface area (Å²) in [4.78, 5) is 11.3. The van der Waals surface area contributed by atoms with Gasteiger partial charge in [-0.05, 0) is 12.3 Å². The zero-order valence-corrected chi connectivity index (χ0v) is 8.72. The predicted octanol–water partition coefficient (Wildman–Crippen LogP) is 2.70. The summed E-state index contributed by atoms with van der Waals surface area (Å²) in [5, 5.41) is 0. The average molecular weight is 182 g/mol. The first-order valence-electron chi connectivity index (χ1n) is 4.70. The molecule has 0 aromatic rings. The molecule has 13 heavy (non-hydrogen) atoms. The normalized spacial score (nSPS) is 9.54. The highest BCUT2D eigenvalue weighted by Crippen LogP contribution is 2.09. The molecule has 0 aliphatic heterocycles. The molecule has 0 aliphatic rings. The maximum atomic E-state index is 11.3. The largest absolute Gasteiger partial charge is 0.462 e. The lowest BCUT2D eigenvalue weighted by atomic mass is 10.1. The Morgan fingerprint density at radius 3 is 2.54 bits per heavy atom. The highest BCUT2D eigenvalue weighted by atomic mass is 16.5. The van der Waals surface area contributed by atoms with Crippen LogP contribution in [0.5, 0.6) is 0 Å². The molecule has 2 nitrogen and oxygen atoms in total. The predicted molar refractivity (Wildman–Crippen MR) is 53.4 cm³/mol. The van der Waals surface area contributed by atoms with Gasteiger partial charge < -0.3 is 4.74 Å². The van der Waals surface area contributed by atoms with E-state index in [4.69, 9.17) is 4.74 Å². The second kappa shape index (κ2) is 6.50. The standard InChI is InChI=1S/C11H18O2/c1-5-7-8-13-11(12)10(6-2)9(3)4/h9H,2,5,7-8H2,1,3-4H3. The zero-order valence-electron chi connectivity index (χ0n) is 8.72. The number of hydrogen-bond donors (Lipinski definition) is 0. The smallest absolute Gasteiger partial charge is 0.342 e. The number of carbonyl (C=O) groups excluding carboxylic acids is 1. The Morgan fingerprint density at radius 1 is 1.54 bits per heavy atom. The summed E-state index contributed by atoms with van der Waals surface area (Å²) in [6.45, 7) is 9.87. The van der Waals surface area contributed by atoms with Crippen LogP contribution in [0.25, 0.3) is 0 Å². The molecule has 0 atom stereocenters. The number of unbranched alkanes of at least 4 members (excludes halogenated alkanes) is 1. The van der Waals surface area contributed by atoms with Crippen molar-refractivity contribution < 1.29 is 9.53 Å². The van der Waals surface area contributed by atoms with E-state index in [1.54, 1.807) is 0 Å². The second-order valence-electron chi connectivity index (χ2n) is 3.23. The fraction of sp³-hybridized carbons (Fsp3) is 0.636. The van der Waals surface area contributed by atoms with Crippen molar-refractivity contribution in [1.29, 1.82) is 0 Å². The van der Waals surface area contributed by atoms with Gasteiger partial charge in [-0.1, -0.05) is 33.8 Å². The van der Waals surface area contributed by atoms with Gasteiger partial charge >= 0.3 is 5.97 Å². The van der Waals surface area contributed by atoms with Crippen molar-refractivity contribution in [1.82, 2.24) is 0 Å². The molecule has 0 fully saturated rings. The van der Waals surface area contributed by atoms with Crippen molar-refractivity contribution in [2.75, 3.05) is 6.61 Å². The third-order valence-electron chi connectivity index (χ3n) is 1.72. The van der Waals surface area contributed by atoms with E-state index in [9.17, 15) is 4.79 Å². The minimum atomic E-state index is -0.279. The third-order valence-corrected chi connectivity index (χ3v) is 1.72. The Kier molecular flexibility index (Phi) is 5.99. The zero-order chi connectivity index (χ0) is 10.3. The molecular formula is C11H18O2.